The molecule has 0 aliphatic heterocycles. The van der Waals surface area contributed by atoms with Gasteiger partial charge in [0.1, 0.15) is 11.5 Å². The lowest BCUT2D eigenvalue weighted by Gasteiger charge is -2.14. The van der Waals surface area contributed by atoms with Crippen LogP contribution >= 0.6 is 0 Å². The molecular weight excluding hydrogens is 346 g/mol. The molecule has 27 heavy (non-hydrogen) atoms. The molecule has 0 unspecified atom stereocenters. The molecule has 0 radical (unpaired) electrons. The van der Waals surface area contributed by atoms with Crippen LogP contribution in [0.4, 0.5) is 5.82 Å². The molecule has 0 saturated heterocycles. The van der Waals surface area contributed by atoms with Gasteiger partial charge in [-0.05, 0) is 65.6 Å². The van der Waals surface area contributed by atoms with Gasteiger partial charge in [0.05, 0.1) is 7.11 Å². The van der Waals surface area contributed by atoms with Crippen molar-refractivity contribution in [1.82, 2.24) is 10.3 Å². The molecule has 140 valence electrons. The first-order valence-corrected chi connectivity index (χ1v) is 8.64. The van der Waals surface area contributed by atoms with Crippen molar-refractivity contribution in [2.24, 2.45) is 0 Å². The fourth-order valence-electron chi connectivity index (χ4n) is 2.49. The Balaban J connectivity index is 1.67. The van der Waals surface area contributed by atoms with Crippen molar-refractivity contribution in [2.75, 3.05) is 12.4 Å². The van der Waals surface area contributed by atoms with Gasteiger partial charge < -0.3 is 14.8 Å². The van der Waals surface area contributed by atoms with Crippen LogP contribution in [0.25, 0.3) is 11.3 Å². The Morgan fingerprint density at radius 2 is 1.74 bits per heavy atom. The standard InChI is InChI=1S/C20H21N3O4/c1-4-14-5-9-17(10-6-14)26-13(2)20(24)21-19-18(22-27-23-19)15-7-11-16(25-3)12-8-15/h5-13H,4H2,1-3H3,(H,21,23,24)/t13-/m0/s1. The van der Waals surface area contributed by atoms with Gasteiger partial charge in [-0.3, -0.25) is 4.79 Å². The number of methoxy groups -OCH3 is 1. The van der Waals surface area contributed by atoms with Crippen molar-refractivity contribution < 1.29 is 18.9 Å². The van der Waals surface area contributed by atoms with E-state index >= 15 is 0 Å². The average Bonchev–Trinajstić information content (AvgIpc) is 3.16. The molecule has 1 heterocycles. The minimum absolute atomic E-state index is 0.238. The average molecular weight is 367 g/mol. The van der Waals surface area contributed by atoms with Crippen molar-refractivity contribution in [3.8, 4) is 22.8 Å². The first-order valence-electron chi connectivity index (χ1n) is 8.64. The number of nitrogens with zero attached hydrogens (tertiary/aromatic N) is 2. The maximum absolute atomic E-state index is 12.5. The van der Waals surface area contributed by atoms with Gasteiger partial charge in [0.2, 0.25) is 5.82 Å². The monoisotopic (exact) mass is 367 g/mol. The van der Waals surface area contributed by atoms with Crippen molar-refractivity contribution >= 4 is 11.7 Å². The molecule has 1 atom stereocenters. The molecule has 3 aromatic rings. The van der Waals surface area contributed by atoms with E-state index in [1.165, 1.54) is 5.56 Å². The SMILES string of the molecule is CCc1ccc(O[C@@H](C)C(=O)Nc2nonc2-c2ccc(OC)cc2)cc1. The number of hydrogen-bond acceptors (Lipinski definition) is 6. The zero-order valence-electron chi connectivity index (χ0n) is 15.4. The normalized spacial score (nSPS) is 11.7. The zero-order valence-corrected chi connectivity index (χ0v) is 15.4. The third-order valence-electron chi connectivity index (χ3n) is 4.11. The van der Waals surface area contributed by atoms with Crippen molar-refractivity contribution in [3.05, 3.63) is 54.1 Å². The van der Waals surface area contributed by atoms with Gasteiger partial charge in [-0.15, -0.1) is 0 Å². The Morgan fingerprint density at radius 3 is 2.37 bits per heavy atom. The minimum atomic E-state index is -0.710. The molecule has 0 aliphatic rings. The lowest BCUT2D eigenvalue weighted by Crippen LogP contribution is -2.30. The van der Waals surface area contributed by atoms with E-state index in [2.05, 4.69) is 22.6 Å². The number of aryl methyl sites for hydroxylation is 1. The maximum atomic E-state index is 12.5. The van der Waals surface area contributed by atoms with Gasteiger partial charge in [-0.1, -0.05) is 19.1 Å². The Bertz CT molecular complexity index is 888. The Morgan fingerprint density at radius 1 is 1.07 bits per heavy atom. The van der Waals surface area contributed by atoms with E-state index in [9.17, 15) is 4.79 Å². The Hall–Kier alpha value is -3.35. The largest absolute Gasteiger partial charge is 0.497 e. The maximum Gasteiger partial charge on any atom is 0.266 e. The molecule has 0 bridgehead atoms. The third kappa shape index (κ3) is 4.44. The topological polar surface area (TPSA) is 86.5 Å². The van der Waals surface area contributed by atoms with Crippen LogP contribution in [0.5, 0.6) is 11.5 Å². The van der Waals surface area contributed by atoms with Crippen LogP contribution in [0.2, 0.25) is 0 Å². The summed E-state index contributed by atoms with van der Waals surface area (Å²) in [7, 11) is 1.59. The molecule has 1 amide bonds. The second kappa shape index (κ2) is 8.35. The molecule has 2 aromatic carbocycles. The molecule has 7 nitrogen and oxygen atoms in total. The summed E-state index contributed by atoms with van der Waals surface area (Å²) in [4.78, 5) is 12.5. The molecular formula is C20H21N3O4. The highest BCUT2D eigenvalue weighted by atomic mass is 16.6. The van der Waals surface area contributed by atoms with Crippen LogP contribution in [-0.4, -0.2) is 29.4 Å². The number of carbonyl (C=O) groups excluding carboxylic acids is 1. The van der Waals surface area contributed by atoms with E-state index in [1.54, 1.807) is 26.2 Å². The number of nitrogens with one attached hydrogen (secondary N) is 1. The number of rotatable bonds is 7. The van der Waals surface area contributed by atoms with Gasteiger partial charge in [0.15, 0.2) is 11.8 Å². The zero-order chi connectivity index (χ0) is 19.2. The number of hydrogen-bond donors (Lipinski definition) is 1. The van der Waals surface area contributed by atoms with E-state index < -0.39 is 6.10 Å². The highest BCUT2D eigenvalue weighted by Crippen LogP contribution is 2.26. The van der Waals surface area contributed by atoms with Crippen LogP contribution in [0.3, 0.4) is 0 Å². The molecule has 0 aliphatic carbocycles. The Labute approximate surface area is 157 Å². The van der Waals surface area contributed by atoms with Crippen LogP contribution in [-0.2, 0) is 11.2 Å². The molecule has 1 aromatic heterocycles. The smallest absolute Gasteiger partial charge is 0.266 e. The highest BCUT2D eigenvalue weighted by molar-refractivity contribution is 5.95. The van der Waals surface area contributed by atoms with E-state index in [0.29, 0.717) is 11.4 Å². The molecule has 0 fully saturated rings. The number of carbonyl (C=O) groups is 1. The first-order chi connectivity index (χ1) is 13.1. The Kier molecular flexibility index (Phi) is 5.71. The molecule has 7 heteroatoms. The van der Waals surface area contributed by atoms with Crippen LogP contribution in [0, 0.1) is 0 Å². The molecule has 0 saturated carbocycles. The summed E-state index contributed by atoms with van der Waals surface area (Å²) in [5.74, 6) is 1.24. The molecule has 1 N–H and O–H groups in total. The third-order valence-corrected chi connectivity index (χ3v) is 4.11. The van der Waals surface area contributed by atoms with Gasteiger partial charge in [0.25, 0.3) is 5.91 Å². The summed E-state index contributed by atoms with van der Waals surface area (Å²) in [6.07, 6.45) is 0.238. The number of aromatic nitrogens is 2. The predicted octanol–water partition coefficient (Wildman–Crippen LogP) is 3.71. The second-order valence-corrected chi connectivity index (χ2v) is 5.94. The van der Waals surface area contributed by atoms with Crippen molar-refractivity contribution in [2.45, 2.75) is 26.4 Å². The first kappa shape index (κ1) is 18.4. The summed E-state index contributed by atoms with van der Waals surface area (Å²) < 4.78 is 15.6. The number of amides is 1. The van der Waals surface area contributed by atoms with E-state index in [4.69, 9.17) is 14.1 Å². The van der Waals surface area contributed by atoms with E-state index in [-0.39, 0.29) is 11.7 Å². The summed E-state index contributed by atoms with van der Waals surface area (Å²) in [5.41, 5.74) is 2.39. The molecule has 3 rings (SSSR count). The van der Waals surface area contributed by atoms with Crippen LogP contribution in [0.1, 0.15) is 19.4 Å². The number of ether oxygens (including phenoxy) is 2. The second-order valence-electron chi connectivity index (χ2n) is 5.94. The van der Waals surface area contributed by atoms with Gasteiger partial charge in [-0.2, -0.15) is 0 Å². The van der Waals surface area contributed by atoms with Gasteiger partial charge in [0, 0.05) is 5.56 Å². The summed E-state index contributed by atoms with van der Waals surface area (Å²) in [5, 5.41) is 10.4. The van der Waals surface area contributed by atoms with Crippen LogP contribution in [0.15, 0.2) is 53.2 Å². The fraction of sp³-hybridized carbons (Fsp3) is 0.250. The minimum Gasteiger partial charge on any atom is -0.497 e. The van der Waals surface area contributed by atoms with Crippen molar-refractivity contribution in [3.63, 3.8) is 0 Å². The number of benzene rings is 2. The lowest BCUT2D eigenvalue weighted by atomic mass is 10.1. The van der Waals surface area contributed by atoms with E-state index in [1.807, 2.05) is 36.4 Å². The summed E-state index contributed by atoms with van der Waals surface area (Å²) in [6.45, 7) is 3.75. The van der Waals surface area contributed by atoms with Gasteiger partial charge in [-0.25, -0.2) is 4.63 Å². The highest BCUT2D eigenvalue weighted by Gasteiger charge is 2.20. The molecule has 0 spiro atoms. The number of anilines is 1. The lowest BCUT2D eigenvalue weighted by molar-refractivity contribution is -0.122. The van der Waals surface area contributed by atoms with Crippen molar-refractivity contribution in [1.29, 1.82) is 0 Å². The summed E-state index contributed by atoms with van der Waals surface area (Å²) >= 11 is 0. The quantitative estimate of drug-likeness (QED) is 0.685. The van der Waals surface area contributed by atoms with Gasteiger partial charge >= 0.3 is 0 Å². The summed E-state index contributed by atoms with van der Waals surface area (Å²) in [6, 6.07) is 14.9. The predicted molar refractivity (Wildman–Crippen MR) is 101 cm³/mol. The van der Waals surface area contributed by atoms with Crippen LogP contribution < -0.4 is 14.8 Å². The fourth-order valence-corrected chi connectivity index (χ4v) is 2.49. The van der Waals surface area contributed by atoms with E-state index in [0.717, 1.165) is 17.7 Å².